The average molecular weight is 369 g/mol. The summed E-state index contributed by atoms with van der Waals surface area (Å²) in [6.07, 6.45) is -0.0752. The summed E-state index contributed by atoms with van der Waals surface area (Å²) >= 11 is 0. The van der Waals surface area contributed by atoms with Gasteiger partial charge in [-0.15, -0.1) is 0 Å². The fourth-order valence-electron chi connectivity index (χ4n) is 2.80. The van der Waals surface area contributed by atoms with Crippen molar-refractivity contribution < 1.29 is 13.9 Å². The number of methoxy groups -OCH3 is 1. The van der Waals surface area contributed by atoms with E-state index < -0.39 is 5.82 Å². The molecule has 1 N–H and O–H groups in total. The summed E-state index contributed by atoms with van der Waals surface area (Å²) in [6, 6.07) is 13.2. The minimum atomic E-state index is -0.422. The van der Waals surface area contributed by atoms with Crippen LogP contribution in [0.2, 0.25) is 0 Å². The number of nitrogens with one attached hydrogen (secondary N) is 1. The van der Waals surface area contributed by atoms with Crippen LogP contribution in [0.15, 0.2) is 53.3 Å². The van der Waals surface area contributed by atoms with Gasteiger partial charge in [-0.05, 0) is 23.8 Å². The summed E-state index contributed by atoms with van der Waals surface area (Å²) in [5.41, 5.74) is 0.623. The molecule has 0 radical (unpaired) electrons. The Kier molecular flexibility index (Phi) is 5.93. The topological polar surface area (TPSA) is 75.3 Å². The number of halogens is 1. The number of nitrogens with zero attached hydrogens (tertiary/aromatic N) is 2. The second kappa shape index (κ2) is 8.55. The van der Waals surface area contributed by atoms with E-state index in [0.29, 0.717) is 35.4 Å². The third-order valence-corrected chi connectivity index (χ3v) is 4.22. The minimum Gasteiger partial charge on any atom is -0.383 e. The second-order valence-electron chi connectivity index (χ2n) is 6.11. The van der Waals surface area contributed by atoms with Gasteiger partial charge >= 0.3 is 0 Å². The van der Waals surface area contributed by atoms with E-state index >= 15 is 0 Å². The molecule has 3 rings (SSSR count). The highest BCUT2D eigenvalue weighted by molar-refractivity contribution is 5.79. The van der Waals surface area contributed by atoms with E-state index in [0.717, 1.165) is 0 Å². The largest absolute Gasteiger partial charge is 0.383 e. The molecule has 0 aliphatic carbocycles. The molecule has 0 bridgehead atoms. The molecule has 0 spiro atoms. The Balaban J connectivity index is 1.83. The van der Waals surface area contributed by atoms with Gasteiger partial charge in [0.15, 0.2) is 0 Å². The zero-order valence-corrected chi connectivity index (χ0v) is 14.9. The zero-order chi connectivity index (χ0) is 19.2. The number of carbonyl (C=O) groups excluding carboxylic acids is 1. The summed E-state index contributed by atoms with van der Waals surface area (Å²) in [4.78, 5) is 33.6. The maximum atomic E-state index is 13.9. The van der Waals surface area contributed by atoms with E-state index in [1.54, 1.807) is 42.5 Å². The van der Waals surface area contributed by atoms with Crippen LogP contribution in [-0.2, 0) is 22.5 Å². The average Bonchev–Trinajstić information content (AvgIpc) is 2.67. The van der Waals surface area contributed by atoms with Gasteiger partial charge in [-0.2, -0.15) is 0 Å². The number of carbonyl (C=O) groups is 1. The van der Waals surface area contributed by atoms with E-state index in [4.69, 9.17) is 4.74 Å². The summed E-state index contributed by atoms with van der Waals surface area (Å²) in [7, 11) is 1.54. The molecule has 0 unspecified atom stereocenters. The predicted octanol–water partition coefficient (Wildman–Crippen LogP) is 2.28. The fourth-order valence-corrected chi connectivity index (χ4v) is 2.80. The van der Waals surface area contributed by atoms with Crippen molar-refractivity contribution in [3.63, 3.8) is 0 Å². The van der Waals surface area contributed by atoms with Crippen LogP contribution in [0.4, 0.5) is 4.39 Å². The third-order valence-electron chi connectivity index (χ3n) is 4.22. The van der Waals surface area contributed by atoms with Crippen LogP contribution in [0.1, 0.15) is 11.4 Å². The van der Waals surface area contributed by atoms with Gasteiger partial charge in [0.05, 0.1) is 30.5 Å². The monoisotopic (exact) mass is 369 g/mol. The molecule has 0 fully saturated rings. The van der Waals surface area contributed by atoms with Crippen LogP contribution < -0.4 is 5.56 Å². The Hall–Kier alpha value is -3.06. The molecule has 1 amide bonds. The Labute approximate surface area is 155 Å². The Bertz CT molecular complexity index is 1000. The number of H-pyrrole nitrogens is 1. The maximum Gasteiger partial charge on any atom is 0.258 e. The number of fused-ring (bicyclic) bond motifs is 1. The van der Waals surface area contributed by atoms with Crippen molar-refractivity contribution in [3.05, 3.63) is 76.1 Å². The lowest BCUT2D eigenvalue weighted by molar-refractivity contribution is -0.131. The molecule has 2 aromatic carbocycles. The molecular formula is C20H20FN3O3. The smallest absolute Gasteiger partial charge is 0.258 e. The molecular weight excluding hydrogens is 349 g/mol. The normalized spacial score (nSPS) is 10.9. The highest BCUT2D eigenvalue weighted by Gasteiger charge is 2.17. The van der Waals surface area contributed by atoms with Crippen molar-refractivity contribution in [2.45, 2.75) is 13.0 Å². The highest BCUT2D eigenvalue weighted by atomic mass is 19.1. The van der Waals surface area contributed by atoms with E-state index in [2.05, 4.69) is 9.97 Å². The molecule has 27 heavy (non-hydrogen) atoms. The van der Waals surface area contributed by atoms with Gasteiger partial charge in [0.25, 0.3) is 5.56 Å². The number of ether oxygens (including phenoxy) is 1. The number of rotatable bonds is 7. The quantitative estimate of drug-likeness (QED) is 0.693. The van der Waals surface area contributed by atoms with Crippen molar-refractivity contribution in [1.82, 2.24) is 14.9 Å². The molecule has 0 saturated carbocycles. The number of hydrogen-bond acceptors (Lipinski definition) is 4. The van der Waals surface area contributed by atoms with Crippen molar-refractivity contribution in [1.29, 1.82) is 0 Å². The molecule has 1 heterocycles. The van der Waals surface area contributed by atoms with Gasteiger partial charge in [0, 0.05) is 13.7 Å². The molecule has 6 nitrogen and oxygen atoms in total. The first-order chi connectivity index (χ1) is 13.1. The minimum absolute atomic E-state index is 0.0752. The SMILES string of the molecule is COCCN(Cc1nc2ccccc2c(=O)[nH]1)C(=O)Cc1ccccc1F. The molecule has 0 saturated heterocycles. The number of aromatic nitrogens is 2. The van der Waals surface area contributed by atoms with Crippen molar-refractivity contribution in [2.24, 2.45) is 0 Å². The molecule has 3 aromatic rings. The number of amides is 1. The Morgan fingerprint density at radius 1 is 1.19 bits per heavy atom. The van der Waals surface area contributed by atoms with Crippen molar-refractivity contribution in [3.8, 4) is 0 Å². The number of benzene rings is 2. The van der Waals surface area contributed by atoms with Gasteiger partial charge in [0.1, 0.15) is 11.6 Å². The summed E-state index contributed by atoms with van der Waals surface area (Å²) in [5, 5.41) is 0.488. The lowest BCUT2D eigenvalue weighted by Crippen LogP contribution is -2.36. The molecule has 1 aromatic heterocycles. The van der Waals surface area contributed by atoms with Gasteiger partial charge in [-0.3, -0.25) is 9.59 Å². The van der Waals surface area contributed by atoms with Gasteiger partial charge < -0.3 is 14.6 Å². The lowest BCUT2D eigenvalue weighted by atomic mass is 10.1. The molecule has 0 atom stereocenters. The van der Waals surface area contributed by atoms with Crippen LogP contribution in [0, 0.1) is 5.82 Å². The second-order valence-corrected chi connectivity index (χ2v) is 6.11. The summed E-state index contributed by atoms with van der Waals surface area (Å²) < 4.78 is 18.9. The van der Waals surface area contributed by atoms with E-state index in [1.807, 2.05) is 0 Å². The number of aromatic amines is 1. The van der Waals surface area contributed by atoms with E-state index in [9.17, 15) is 14.0 Å². The van der Waals surface area contributed by atoms with Crippen molar-refractivity contribution in [2.75, 3.05) is 20.3 Å². The van der Waals surface area contributed by atoms with E-state index in [-0.39, 0.29) is 24.4 Å². The molecule has 7 heteroatoms. The van der Waals surface area contributed by atoms with Crippen LogP contribution in [0.3, 0.4) is 0 Å². The Morgan fingerprint density at radius 2 is 1.93 bits per heavy atom. The predicted molar refractivity (Wildman–Crippen MR) is 99.8 cm³/mol. The van der Waals surface area contributed by atoms with Crippen LogP contribution in [-0.4, -0.2) is 41.0 Å². The van der Waals surface area contributed by atoms with Crippen LogP contribution >= 0.6 is 0 Å². The van der Waals surface area contributed by atoms with Gasteiger partial charge in [0.2, 0.25) is 5.91 Å². The Morgan fingerprint density at radius 3 is 2.70 bits per heavy atom. The fraction of sp³-hybridized carbons (Fsp3) is 0.250. The molecule has 0 aliphatic heterocycles. The molecule has 0 aliphatic rings. The third kappa shape index (κ3) is 4.57. The first kappa shape index (κ1) is 18.7. The first-order valence-corrected chi connectivity index (χ1v) is 8.56. The number of para-hydroxylation sites is 1. The summed E-state index contributed by atoms with van der Waals surface area (Å²) in [5.74, 6) is -0.320. The first-order valence-electron chi connectivity index (χ1n) is 8.56. The van der Waals surface area contributed by atoms with Gasteiger partial charge in [-0.1, -0.05) is 30.3 Å². The summed E-state index contributed by atoms with van der Waals surface area (Å²) in [6.45, 7) is 0.734. The highest BCUT2D eigenvalue weighted by Crippen LogP contribution is 2.11. The van der Waals surface area contributed by atoms with Crippen molar-refractivity contribution >= 4 is 16.8 Å². The van der Waals surface area contributed by atoms with Crippen LogP contribution in [0.25, 0.3) is 10.9 Å². The van der Waals surface area contributed by atoms with E-state index in [1.165, 1.54) is 18.1 Å². The maximum absolute atomic E-state index is 13.9. The molecule has 140 valence electrons. The lowest BCUT2D eigenvalue weighted by Gasteiger charge is -2.22. The van der Waals surface area contributed by atoms with Gasteiger partial charge in [-0.25, -0.2) is 9.37 Å². The number of hydrogen-bond donors (Lipinski definition) is 1. The van der Waals surface area contributed by atoms with Crippen LogP contribution in [0.5, 0.6) is 0 Å². The zero-order valence-electron chi connectivity index (χ0n) is 14.9. The standard InChI is InChI=1S/C20H20FN3O3/c1-27-11-10-24(19(25)12-14-6-2-4-8-16(14)21)13-18-22-17-9-5-3-7-15(17)20(26)23-18/h2-9H,10-13H2,1H3,(H,22,23,26).